The zero-order chi connectivity index (χ0) is 17.2. The summed E-state index contributed by atoms with van der Waals surface area (Å²) in [6.45, 7) is 1.38. The molecule has 0 aromatic heterocycles. The fourth-order valence-electron chi connectivity index (χ4n) is 2.04. The van der Waals surface area contributed by atoms with E-state index in [0.717, 1.165) is 12.1 Å². The minimum absolute atomic E-state index is 0.341. The van der Waals surface area contributed by atoms with Gasteiger partial charge in [0.2, 0.25) is 5.91 Å². The van der Waals surface area contributed by atoms with Gasteiger partial charge in [-0.1, -0.05) is 23.7 Å². The molecule has 0 spiro atoms. The fraction of sp³-hybridized carbons (Fsp3) is 0.125. The minimum atomic E-state index is -1.61. The van der Waals surface area contributed by atoms with Crippen LogP contribution in [-0.2, 0) is 10.3 Å². The molecule has 7 heteroatoms. The number of hydrogen-bond donors (Lipinski definition) is 2. The van der Waals surface area contributed by atoms with E-state index >= 15 is 0 Å². The monoisotopic (exact) mass is 338 g/mol. The molecule has 0 heterocycles. The number of carbonyl (C=O) groups is 2. The van der Waals surface area contributed by atoms with Gasteiger partial charge >= 0.3 is 0 Å². The van der Waals surface area contributed by atoms with Crippen molar-refractivity contribution in [1.29, 1.82) is 0 Å². The Kier molecular flexibility index (Phi) is 4.65. The van der Waals surface area contributed by atoms with Gasteiger partial charge in [0, 0.05) is 11.1 Å². The number of hydrogen-bond acceptors (Lipinski definition) is 2. The standard InChI is InChI=1S/C16H13ClF2N2O2/c1-16(15(20)23,9-3-2-4-10(17)7-9)21-14(22)12-6-5-11(18)8-13(12)19/h2-8H,1H3,(H2,20,23)(H,21,22). The van der Waals surface area contributed by atoms with E-state index in [1.165, 1.54) is 13.0 Å². The molecule has 3 N–H and O–H groups in total. The van der Waals surface area contributed by atoms with Crippen molar-refractivity contribution < 1.29 is 18.4 Å². The molecule has 2 aromatic rings. The highest BCUT2D eigenvalue weighted by molar-refractivity contribution is 6.30. The van der Waals surface area contributed by atoms with Crippen molar-refractivity contribution in [3.05, 3.63) is 70.2 Å². The molecular weight excluding hydrogens is 326 g/mol. The smallest absolute Gasteiger partial charge is 0.255 e. The molecule has 2 aromatic carbocycles. The summed E-state index contributed by atoms with van der Waals surface area (Å²) in [5.41, 5.74) is 3.72. The number of nitrogens with one attached hydrogen (secondary N) is 1. The van der Waals surface area contributed by atoms with Crippen molar-refractivity contribution in [1.82, 2.24) is 5.32 Å². The maximum absolute atomic E-state index is 13.7. The van der Waals surface area contributed by atoms with Gasteiger partial charge < -0.3 is 11.1 Å². The Hall–Kier alpha value is -2.47. The Bertz CT molecular complexity index is 782. The summed E-state index contributed by atoms with van der Waals surface area (Å²) in [4.78, 5) is 24.1. The molecule has 120 valence electrons. The quantitative estimate of drug-likeness (QED) is 0.899. The normalized spacial score (nSPS) is 13.2. The molecule has 1 unspecified atom stereocenters. The molecule has 0 bridgehead atoms. The summed E-state index contributed by atoms with van der Waals surface area (Å²) in [6, 6.07) is 8.71. The Morgan fingerprint density at radius 1 is 1.17 bits per heavy atom. The van der Waals surface area contributed by atoms with E-state index < -0.39 is 34.6 Å². The number of carbonyl (C=O) groups excluding carboxylic acids is 2. The van der Waals surface area contributed by atoms with E-state index in [2.05, 4.69) is 5.32 Å². The summed E-state index contributed by atoms with van der Waals surface area (Å²) in [5, 5.41) is 2.72. The number of benzene rings is 2. The topological polar surface area (TPSA) is 72.2 Å². The second-order valence-corrected chi connectivity index (χ2v) is 5.51. The number of halogens is 3. The summed E-state index contributed by atoms with van der Waals surface area (Å²) in [5.74, 6) is -3.61. The number of primary amides is 1. The predicted octanol–water partition coefficient (Wildman–Crippen LogP) is 2.75. The first kappa shape index (κ1) is 16.9. The summed E-state index contributed by atoms with van der Waals surface area (Å²) in [6.07, 6.45) is 0. The SMILES string of the molecule is CC(NC(=O)c1ccc(F)cc1F)(C(N)=O)c1cccc(Cl)c1. The third-order valence-electron chi connectivity index (χ3n) is 3.43. The lowest BCUT2D eigenvalue weighted by atomic mass is 9.90. The molecule has 2 amide bonds. The van der Waals surface area contributed by atoms with Gasteiger partial charge in [-0.3, -0.25) is 9.59 Å². The Labute approximate surface area is 136 Å². The van der Waals surface area contributed by atoms with Crippen molar-refractivity contribution in [3.63, 3.8) is 0 Å². The highest BCUT2D eigenvalue weighted by atomic mass is 35.5. The second kappa shape index (κ2) is 6.34. The van der Waals surface area contributed by atoms with Gasteiger partial charge in [-0.15, -0.1) is 0 Å². The van der Waals surface area contributed by atoms with Crippen molar-refractivity contribution in [2.24, 2.45) is 5.73 Å². The minimum Gasteiger partial charge on any atom is -0.367 e. The maximum Gasteiger partial charge on any atom is 0.255 e. The Morgan fingerprint density at radius 2 is 1.87 bits per heavy atom. The molecule has 0 aliphatic heterocycles. The van der Waals surface area contributed by atoms with Crippen LogP contribution >= 0.6 is 11.6 Å². The Balaban J connectivity index is 2.40. The van der Waals surface area contributed by atoms with Crippen LogP contribution in [0.5, 0.6) is 0 Å². The van der Waals surface area contributed by atoms with Crippen LogP contribution in [0, 0.1) is 11.6 Å². The summed E-state index contributed by atoms with van der Waals surface area (Å²) in [7, 11) is 0. The van der Waals surface area contributed by atoms with Gasteiger partial charge in [0.1, 0.15) is 17.2 Å². The average Bonchev–Trinajstić information content (AvgIpc) is 2.46. The van der Waals surface area contributed by atoms with Crippen LogP contribution in [0.1, 0.15) is 22.8 Å². The van der Waals surface area contributed by atoms with Crippen LogP contribution in [0.15, 0.2) is 42.5 Å². The first-order valence-corrected chi connectivity index (χ1v) is 6.95. The van der Waals surface area contributed by atoms with E-state index in [1.807, 2.05) is 0 Å². The van der Waals surface area contributed by atoms with Crippen LogP contribution < -0.4 is 11.1 Å². The lowest BCUT2D eigenvalue weighted by Gasteiger charge is -2.28. The summed E-state index contributed by atoms with van der Waals surface area (Å²) >= 11 is 5.89. The van der Waals surface area contributed by atoms with Gasteiger partial charge in [-0.05, 0) is 36.8 Å². The average molecular weight is 339 g/mol. The fourth-order valence-corrected chi connectivity index (χ4v) is 2.23. The maximum atomic E-state index is 13.7. The number of amides is 2. The van der Waals surface area contributed by atoms with Crippen LogP contribution in [0.2, 0.25) is 5.02 Å². The molecule has 0 fully saturated rings. The van der Waals surface area contributed by atoms with Gasteiger partial charge in [-0.2, -0.15) is 0 Å². The molecule has 0 saturated carbocycles. The predicted molar refractivity (Wildman–Crippen MR) is 81.8 cm³/mol. The van der Waals surface area contributed by atoms with Crippen LogP contribution in [0.25, 0.3) is 0 Å². The molecule has 23 heavy (non-hydrogen) atoms. The number of nitrogens with two attached hydrogens (primary N) is 1. The van der Waals surface area contributed by atoms with Gasteiger partial charge in [0.05, 0.1) is 5.56 Å². The molecule has 0 saturated heterocycles. The van der Waals surface area contributed by atoms with E-state index in [-0.39, 0.29) is 0 Å². The zero-order valence-electron chi connectivity index (χ0n) is 12.1. The molecule has 1 atom stereocenters. The van der Waals surface area contributed by atoms with Gasteiger partial charge in [-0.25, -0.2) is 8.78 Å². The van der Waals surface area contributed by atoms with Gasteiger partial charge in [0.25, 0.3) is 5.91 Å². The second-order valence-electron chi connectivity index (χ2n) is 5.08. The first-order chi connectivity index (χ1) is 10.7. The van der Waals surface area contributed by atoms with Crippen molar-refractivity contribution >= 4 is 23.4 Å². The molecule has 2 rings (SSSR count). The number of rotatable bonds is 4. The molecule has 4 nitrogen and oxygen atoms in total. The van der Waals surface area contributed by atoms with Crippen molar-refractivity contribution in [3.8, 4) is 0 Å². The highest BCUT2D eigenvalue weighted by Gasteiger charge is 2.36. The molecular formula is C16H13ClF2N2O2. The lowest BCUT2D eigenvalue weighted by molar-refractivity contribution is -0.123. The largest absolute Gasteiger partial charge is 0.367 e. The van der Waals surface area contributed by atoms with Crippen molar-refractivity contribution in [2.45, 2.75) is 12.5 Å². The zero-order valence-corrected chi connectivity index (χ0v) is 12.8. The van der Waals surface area contributed by atoms with Crippen LogP contribution in [-0.4, -0.2) is 11.8 Å². The van der Waals surface area contributed by atoms with E-state index in [1.54, 1.807) is 18.2 Å². The van der Waals surface area contributed by atoms with E-state index in [4.69, 9.17) is 17.3 Å². The first-order valence-electron chi connectivity index (χ1n) is 6.57. The highest BCUT2D eigenvalue weighted by Crippen LogP contribution is 2.24. The Morgan fingerprint density at radius 3 is 2.43 bits per heavy atom. The summed E-state index contributed by atoms with van der Waals surface area (Å²) < 4.78 is 26.6. The van der Waals surface area contributed by atoms with E-state index in [9.17, 15) is 18.4 Å². The molecule has 0 aliphatic carbocycles. The molecule has 0 aliphatic rings. The third-order valence-corrected chi connectivity index (χ3v) is 3.67. The van der Waals surface area contributed by atoms with Crippen molar-refractivity contribution in [2.75, 3.05) is 0 Å². The third kappa shape index (κ3) is 3.48. The van der Waals surface area contributed by atoms with Crippen LogP contribution in [0.3, 0.4) is 0 Å². The van der Waals surface area contributed by atoms with E-state index in [0.29, 0.717) is 16.7 Å². The lowest BCUT2D eigenvalue weighted by Crippen LogP contribution is -2.52. The van der Waals surface area contributed by atoms with Crippen LogP contribution in [0.4, 0.5) is 8.78 Å². The van der Waals surface area contributed by atoms with Gasteiger partial charge in [0.15, 0.2) is 0 Å². The molecule has 0 radical (unpaired) electrons.